The van der Waals surface area contributed by atoms with Gasteiger partial charge in [0.15, 0.2) is 5.79 Å². The van der Waals surface area contributed by atoms with Gasteiger partial charge in [-0.1, -0.05) is 18.6 Å². The van der Waals surface area contributed by atoms with Gasteiger partial charge in [-0.25, -0.2) is 0 Å². The monoisotopic (exact) mass is 240 g/mol. The molecule has 3 heteroatoms. The third-order valence-corrected chi connectivity index (χ3v) is 4.08. The van der Waals surface area contributed by atoms with E-state index in [1.54, 1.807) is 0 Å². The molecule has 2 fully saturated rings. The van der Waals surface area contributed by atoms with Crippen molar-refractivity contribution in [3.63, 3.8) is 0 Å². The summed E-state index contributed by atoms with van der Waals surface area (Å²) in [6, 6.07) is 0. The molecule has 2 aliphatic rings. The Balaban J connectivity index is 1.91. The number of aliphatic hydroxyl groups is 1. The van der Waals surface area contributed by atoms with Crippen LogP contribution in [0.2, 0.25) is 0 Å². The van der Waals surface area contributed by atoms with Crippen molar-refractivity contribution in [2.45, 2.75) is 57.3 Å². The molecule has 2 rings (SSSR count). The van der Waals surface area contributed by atoms with Gasteiger partial charge in [0.1, 0.15) is 0 Å². The fraction of sp³-hybridized carbons (Fsp3) is 0.857. The smallest absolute Gasteiger partial charge is 0.171 e. The molecule has 1 saturated carbocycles. The maximum atomic E-state index is 9.81. The van der Waals surface area contributed by atoms with Gasteiger partial charge in [0.25, 0.3) is 0 Å². The molecule has 1 saturated heterocycles. The third-order valence-electron chi connectivity index (χ3n) is 4.08. The zero-order chi connectivity index (χ0) is 12.3. The fourth-order valence-electron chi connectivity index (χ4n) is 3.01. The van der Waals surface area contributed by atoms with Crippen LogP contribution in [0, 0.1) is 5.92 Å². The summed E-state index contributed by atoms with van der Waals surface area (Å²) in [5.74, 6) is 0.111. The lowest BCUT2D eigenvalue weighted by atomic mass is 9.79. The van der Waals surface area contributed by atoms with E-state index in [1.807, 2.05) is 6.92 Å². The average molecular weight is 240 g/mol. The maximum absolute atomic E-state index is 9.81. The summed E-state index contributed by atoms with van der Waals surface area (Å²) in [7, 11) is 0. The minimum atomic E-state index is -0.379. The Kier molecular flexibility index (Phi) is 4.23. The minimum Gasteiger partial charge on any atom is -0.389 e. The van der Waals surface area contributed by atoms with Gasteiger partial charge in [-0.15, -0.1) is 0 Å². The Morgan fingerprint density at radius 1 is 1.41 bits per heavy atom. The number of ether oxygens (including phenoxy) is 2. The molecule has 1 N–H and O–H groups in total. The Hall–Kier alpha value is -0.380. The topological polar surface area (TPSA) is 38.7 Å². The molecule has 1 aliphatic heterocycles. The quantitative estimate of drug-likeness (QED) is 0.768. The zero-order valence-electron chi connectivity index (χ0n) is 10.8. The van der Waals surface area contributed by atoms with Gasteiger partial charge in [0.2, 0.25) is 0 Å². The molecule has 0 aromatic rings. The number of hydrogen-bond donors (Lipinski definition) is 1. The van der Waals surface area contributed by atoms with Gasteiger partial charge in [-0.2, -0.15) is 0 Å². The Bertz CT molecular complexity index is 269. The van der Waals surface area contributed by atoms with E-state index < -0.39 is 0 Å². The summed E-state index contributed by atoms with van der Waals surface area (Å²) in [6.07, 6.45) is 5.98. The predicted molar refractivity (Wildman–Crippen MR) is 66.6 cm³/mol. The summed E-state index contributed by atoms with van der Waals surface area (Å²) in [5, 5.41) is 9.81. The van der Waals surface area contributed by atoms with Crippen LogP contribution in [-0.4, -0.2) is 30.2 Å². The van der Waals surface area contributed by atoms with Crippen LogP contribution >= 0.6 is 0 Å². The third kappa shape index (κ3) is 2.90. The minimum absolute atomic E-state index is 0.326. The lowest BCUT2D eigenvalue weighted by Gasteiger charge is -2.39. The van der Waals surface area contributed by atoms with Crippen molar-refractivity contribution in [1.82, 2.24) is 0 Å². The first-order valence-corrected chi connectivity index (χ1v) is 6.75. The molecule has 0 radical (unpaired) electrons. The Labute approximate surface area is 104 Å². The fourth-order valence-corrected chi connectivity index (χ4v) is 3.01. The average Bonchev–Trinajstić information content (AvgIpc) is 2.77. The van der Waals surface area contributed by atoms with E-state index in [-0.39, 0.29) is 11.9 Å². The van der Waals surface area contributed by atoms with Crippen LogP contribution in [-0.2, 0) is 9.47 Å². The van der Waals surface area contributed by atoms with Crippen LogP contribution < -0.4 is 0 Å². The number of rotatable bonds is 4. The highest BCUT2D eigenvalue weighted by Crippen LogP contribution is 2.42. The van der Waals surface area contributed by atoms with Crippen LogP contribution in [0.1, 0.15) is 45.4 Å². The largest absolute Gasteiger partial charge is 0.389 e. The van der Waals surface area contributed by atoms with Crippen LogP contribution in [0.3, 0.4) is 0 Å². The van der Waals surface area contributed by atoms with E-state index in [0.717, 1.165) is 44.5 Å². The first kappa shape index (κ1) is 13.1. The van der Waals surface area contributed by atoms with Crippen molar-refractivity contribution in [2.75, 3.05) is 13.2 Å². The van der Waals surface area contributed by atoms with Crippen molar-refractivity contribution in [1.29, 1.82) is 0 Å². The lowest BCUT2D eigenvalue weighted by Crippen LogP contribution is -2.42. The summed E-state index contributed by atoms with van der Waals surface area (Å²) in [5.41, 5.74) is 0.850. The van der Waals surface area contributed by atoms with Crippen molar-refractivity contribution in [3.8, 4) is 0 Å². The van der Waals surface area contributed by atoms with Crippen LogP contribution in [0.4, 0.5) is 0 Å². The maximum Gasteiger partial charge on any atom is 0.171 e. The molecule has 0 aromatic carbocycles. The lowest BCUT2D eigenvalue weighted by molar-refractivity contribution is -0.214. The second-order valence-electron chi connectivity index (χ2n) is 5.39. The molecular formula is C14H24O3. The van der Waals surface area contributed by atoms with Gasteiger partial charge in [0.05, 0.1) is 19.3 Å². The van der Waals surface area contributed by atoms with E-state index in [1.165, 1.54) is 12.8 Å². The molecule has 0 aromatic heterocycles. The van der Waals surface area contributed by atoms with Crippen LogP contribution in [0.15, 0.2) is 12.2 Å². The standard InChI is InChI=1S/C14H24O3/c1-11(2)13(15)7-6-12-5-3-4-8-14(12)16-9-10-17-14/h12-13,15H,1,3-10H2,2H3. The number of hydrogen-bond acceptors (Lipinski definition) is 3. The summed E-state index contributed by atoms with van der Waals surface area (Å²) in [4.78, 5) is 0. The molecule has 2 unspecified atom stereocenters. The molecule has 17 heavy (non-hydrogen) atoms. The van der Waals surface area contributed by atoms with Crippen molar-refractivity contribution in [3.05, 3.63) is 12.2 Å². The second kappa shape index (κ2) is 5.51. The molecule has 2 atom stereocenters. The highest BCUT2D eigenvalue weighted by Gasteiger charge is 2.45. The zero-order valence-corrected chi connectivity index (χ0v) is 10.8. The molecule has 1 aliphatic carbocycles. The van der Waals surface area contributed by atoms with E-state index in [2.05, 4.69) is 6.58 Å². The SMILES string of the molecule is C=C(C)C(O)CCC1CCCCC12OCCO2. The van der Waals surface area contributed by atoms with E-state index in [0.29, 0.717) is 5.92 Å². The highest BCUT2D eigenvalue weighted by molar-refractivity contribution is 4.97. The van der Waals surface area contributed by atoms with E-state index in [9.17, 15) is 5.11 Å². The molecule has 0 amide bonds. The van der Waals surface area contributed by atoms with Gasteiger partial charge < -0.3 is 14.6 Å². The van der Waals surface area contributed by atoms with E-state index >= 15 is 0 Å². The molecule has 1 spiro atoms. The van der Waals surface area contributed by atoms with Gasteiger partial charge in [-0.05, 0) is 32.6 Å². The normalized spacial score (nSPS) is 29.4. The highest BCUT2D eigenvalue weighted by atomic mass is 16.7. The molecule has 98 valence electrons. The number of aliphatic hydroxyl groups excluding tert-OH is 1. The summed E-state index contributed by atoms with van der Waals surface area (Å²) >= 11 is 0. The summed E-state index contributed by atoms with van der Waals surface area (Å²) < 4.78 is 11.7. The first-order chi connectivity index (χ1) is 8.14. The molecule has 1 heterocycles. The Morgan fingerprint density at radius 2 is 2.12 bits per heavy atom. The van der Waals surface area contributed by atoms with Crippen molar-refractivity contribution >= 4 is 0 Å². The molecule has 3 nitrogen and oxygen atoms in total. The van der Waals surface area contributed by atoms with Gasteiger partial charge in [-0.3, -0.25) is 0 Å². The van der Waals surface area contributed by atoms with Crippen LogP contribution in [0.5, 0.6) is 0 Å². The first-order valence-electron chi connectivity index (χ1n) is 6.75. The van der Waals surface area contributed by atoms with Crippen LogP contribution in [0.25, 0.3) is 0 Å². The predicted octanol–water partition coefficient (Wildman–Crippen LogP) is 2.64. The van der Waals surface area contributed by atoms with Crippen molar-refractivity contribution in [2.24, 2.45) is 5.92 Å². The summed E-state index contributed by atoms with van der Waals surface area (Å²) in [6.45, 7) is 7.12. The van der Waals surface area contributed by atoms with Gasteiger partial charge >= 0.3 is 0 Å². The Morgan fingerprint density at radius 3 is 2.76 bits per heavy atom. The molecule has 0 bridgehead atoms. The van der Waals surface area contributed by atoms with Crippen molar-refractivity contribution < 1.29 is 14.6 Å². The second-order valence-corrected chi connectivity index (χ2v) is 5.39. The molecular weight excluding hydrogens is 216 g/mol. The van der Waals surface area contributed by atoms with E-state index in [4.69, 9.17) is 9.47 Å². The van der Waals surface area contributed by atoms with Gasteiger partial charge in [0, 0.05) is 12.3 Å².